The van der Waals surface area contributed by atoms with Crippen LogP contribution < -0.4 is 0 Å². The predicted octanol–water partition coefficient (Wildman–Crippen LogP) is 3.05. The number of unbranched alkanes of at least 4 members (excludes halogenated alkanes) is 3. The van der Waals surface area contributed by atoms with E-state index in [1.807, 2.05) is 0 Å². The van der Waals surface area contributed by atoms with Crippen molar-refractivity contribution in [2.45, 2.75) is 58.8 Å². The molecule has 0 radical (unpaired) electrons. The molecule has 0 spiro atoms. The Labute approximate surface area is 95.7 Å². The number of piperidine rings is 1. The predicted molar refractivity (Wildman–Crippen MR) is 67.2 cm³/mol. The molecule has 0 saturated carbocycles. The third-order valence-electron chi connectivity index (χ3n) is 2.82. The van der Waals surface area contributed by atoms with E-state index in [0.29, 0.717) is 6.61 Å². The highest BCUT2D eigenvalue weighted by Gasteiger charge is 2.07. The number of likely N-dealkylation sites (tertiary alicyclic amines) is 1. The van der Waals surface area contributed by atoms with Crippen LogP contribution in [0, 0.1) is 0 Å². The van der Waals surface area contributed by atoms with Gasteiger partial charge in [-0.2, -0.15) is 0 Å². The Morgan fingerprint density at radius 2 is 1.47 bits per heavy atom. The summed E-state index contributed by atoms with van der Waals surface area (Å²) in [6.45, 7) is 8.05. The zero-order valence-electron chi connectivity index (χ0n) is 10.7. The number of β-amino-alcohol motifs (C(OH)–C–C–N with tert-alkyl or cyclic N) is 1. The van der Waals surface area contributed by atoms with Crippen molar-refractivity contribution in [3.05, 3.63) is 0 Å². The molecule has 0 amide bonds. The van der Waals surface area contributed by atoms with Crippen LogP contribution in [0.3, 0.4) is 0 Å². The van der Waals surface area contributed by atoms with Crippen molar-refractivity contribution in [1.82, 2.24) is 4.90 Å². The van der Waals surface area contributed by atoms with Crippen molar-refractivity contribution in [2.24, 2.45) is 0 Å². The highest BCUT2D eigenvalue weighted by atomic mass is 16.3. The summed E-state index contributed by atoms with van der Waals surface area (Å²) in [7, 11) is 0. The molecule has 0 atom stereocenters. The zero-order valence-corrected chi connectivity index (χ0v) is 10.7. The molecule has 1 saturated heterocycles. The molecule has 0 bridgehead atoms. The standard InChI is InChI=1S/C7H15NO.C6H14/c9-7-6-8-4-2-1-3-5-8;1-3-5-6-4-2/h9H,1-7H2;3-6H2,1-2H3. The van der Waals surface area contributed by atoms with Gasteiger partial charge in [-0.25, -0.2) is 0 Å². The molecule has 1 heterocycles. The highest BCUT2D eigenvalue weighted by Crippen LogP contribution is 2.06. The van der Waals surface area contributed by atoms with Crippen molar-refractivity contribution >= 4 is 0 Å². The number of aliphatic hydroxyl groups is 1. The Bertz CT molecular complexity index is 104. The van der Waals surface area contributed by atoms with E-state index in [9.17, 15) is 0 Å². The lowest BCUT2D eigenvalue weighted by Crippen LogP contribution is -2.31. The second-order valence-electron chi connectivity index (χ2n) is 4.33. The van der Waals surface area contributed by atoms with Crippen LogP contribution in [0.5, 0.6) is 0 Å². The van der Waals surface area contributed by atoms with Crippen molar-refractivity contribution < 1.29 is 5.11 Å². The molecule has 0 aliphatic carbocycles. The number of nitrogens with zero attached hydrogens (tertiary/aromatic N) is 1. The molecule has 2 nitrogen and oxygen atoms in total. The molecule has 1 aliphatic heterocycles. The first-order valence-corrected chi connectivity index (χ1v) is 6.68. The van der Waals surface area contributed by atoms with Gasteiger partial charge in [-0.1, -0.05) is 46.0 Å². The van der Waals surface area contributed by atoms with Gasteiger partial charge in [-0.3, -0.25) is 0 Å². The van der Waals surface area contributed by atoms with Gasteiger partial charge in [-0.05, 0) is 25.9 Å². The summed E-state index contributed by atoms with van der Waals surface area (Å²) < 4.78 is 0. The van der Waals surface area contributed by atoms with Crippen LogP contribution in [0.15, 0.2) is 0 Å². The van der Waals surface area contributed by atoms with Crippen molar-refractivity contribution in [2.75, 3.05) is 26.2 Å². The normalized spacial score (nSPS) is 17.0. The summed E-state index contributed by atoms with van der Waals surface area (Å²) in [5, 5.41) is 8.58. The number of aliphatic hydroxyl groups excluding tert-OH is 1. The molecule has 1 aliphatic rings. The topological polar surface area (TPSA) is 23.5 Å². The molecule has 1 rings (SSSR count). The average Bonchev–Trinajstić information content (AvgIpc) is 2.29. The van der Waals surface area contributed by atoms with Gasteiger partial charge in [0.25, 0.3) is 0 Å². The van der Waals surface area contributed by atoms with Gasteiger partial charge in [0.2, 0.25) is 0 Å². The lowest BCUT2D eigenvalue weighted by Gasteiger charge is -2.25. The molecule has 1 fully saturated rings. The van der Waals surface area contributed by atoms with Gasteiger partial charge in [0, 0.05) is 6.54 Å². The summed E-state index contributed by atoms with van der Waals surface area (Å²) >= 11 is 0. The van der Waals surface area contributed by atoms with E-state index in [-0.39, 0.29) is 0 Å². The van der Waals surface area contributed by atoms with Crippen molar-refractivity contribution in [3.63, 3.8) is 0 Å². The quantitative estimate of drug-likeness (QED) is 0.713. The fourth-order valence-electron chi connectivity index (χ4n) is 1.82. The SMILES string of the molecule is CCCCCC.OCCN1CCCCC1. The Hall–Kier alpha value is -0.0800. The first kappa shape index (κ1) is 14.9. The molecule has 2 heteroatoms. The summed E-state index contributed by atoms with van der Waals surface area (Å²) in [4.78, 5) is 2.32. The fourth-order valence-corrected chi connectivity index (χ4v) is 1.82. The monoisotopic (exact) mass is 215 g/mol. The van der Waals surface area contributed by atoms with Crippen LogP contribution in [-0.4, -0.2) is 36.2 Å². The minimum absolute atomic E-state index is 0.319. The first-order chi connectivity index (χ1) is 7.35. The number of hydrogen-bond acceptors (Lipinski definition) is 2. The Morgan fingerprint density at radius 1 is 0.933 bits per heavy atom. The minimum atomic E-state index is 0.319. The molecule has 1 N–H and O–H groups in total. The largest absolute Gasteiger partial charge is 0.395 e. The van der Waals surface area contributed by atoms with Crippen LogP contribution in [0.2, 0.25) is 0 Å². The van der Waals surface area contributed by atoms with Crippen molar-refractivity contribution in [1.29, 1.82) is 0 Å². The molecular weight excluding hydrogens is 186 g/mol. The second kappa shape index (κ2) is 12.0. The number of rotatable bonds is 5. The maximum atomic E-state index is 8.58. The van der Waals surface area contributed by atoms with Crippen molar-refractivity contribution in [3.8, 4) is 0 Å². The van der Waals surface area contributed by atoms with Crippen LogP contribution in [0.1, 0.15) is 58.8 Å². The van der Waals surface area contributed by atoms with Gasteiger partial charge in [0.05, 0.1) is 6.61 Å². The molecule has 0 aromatic heterocycles. The van der Waals surface area contributed by atoms with Crippen LogP contribution in [0.25, 0.3) is 0 Å². The van der Waals surface area contributed by atoms with E-state index in [0.717, 1.165) is 6.54 Å². The van der Waals surface area contributed by atoms with E-state index < -0.39 is 0 Å². The van der Waals surface area contributed by atoms with E-state index in [2.05, 4.69) is 18.7 Å². The Kier molecular flexibility index (Phi) is 11.9. The van der Waals surface area contributed by atoms with E-state index in [4.69, 9.17) is 5.11 Å². The van der Waals surface area contributed by atoms with Crippen LogP contribution >= 0.6 is 0 Å². The molecule has 15 heavy (non-hydrogen) atoms. The summed E-state index contributed by atoms with van der Waals surface area (Å²) in [5.74, 6) is 0. The lowest BCUT2D eigenvalue weighted by atomic mass is 10.1. The zero-order chi connectivity index (χ0) is 11.4. The molecule has 92 valence electrons. The van der Waals surface area contributed by atoms with Gasteiger partial charge in [0.15, 0.2) is 0 Å². The summed E-state index contributed by atoms with van der Waals surface area (Å²) in [6.07, 6.45) is 9.55. The summed E-state index contributed by atoms with van der Waals surface area (Å²) in [5.41, 5.74) is 0. The van der Waals surface area contributed by atoms with Gasteiger partial charge in [-0.15, -0.1) is 0 Å². The molecule has 0 unspecified atom stereocenters. The third-order valence-corrected chi connectivity index (χ3v) is 2.82. The van der Waals surface area contributed by atoms with Gasteiger partial charge < -0.3 is 10.0 Å². The average molecular weight is 215 g/mol. The molecule has 0 aromatic rings. The van der Waals surface area contributed by atoms with E-state index in [1.54, 1.807) is 0 Å². The van der Waals surface area contributed by atoms with E-state index in [1.165, 1.54) is 58.0 Å². The fraction of sp³-hybridized carbons (Fsp3) is 1.00. The third kappa shape index (κ3) is 10.2. The maximum absolute atomic E-state index is 8.58. The van der Waals surface area contributed by atoms with Gasteiger partial charge >= 0.3 is 0 Å². The maximum Gasteiger partial charge on any atom is 0.0558 e. The second-order valence-corrected chi connectivity index (χ2v) is 4.33. The van der Waals surface area contributed by atoms with Crippen LogP contribution in [0.4, 0.5) is 0 Å². The molecule has 0 aromatic carbocycles. The first-order valence-electron chi connectivity index (χ1n) is 6.68. The molecular formula is C13H29NO. The highest BCUT2D eigenvalue weighted by molar-refractivity contribution is 4.62. The minimum Gasteiger partial charge on any atom is -0.395 e. The number of hydrogen-bond donors (Lipinski definition) is 1. The smallest absolute Gasteiger partial charge is 0.0558 e. The Morgan fingerprint density at radius 3 is 1.87 bits per heavy atom. The van der Waals surface area contributed by atoms with Gasteiger partial charge in [0.1, 0.15) is 0 Å². The lowest BCUT2D eigenvalue weighted by molar-refractivity contribution is 0.173. The van der Waals surface area contributed by atoms with Crippen LogP contribution in [-0.2, 0) is 0 Å². The summed E-state index contributed by atoms with van der Waals surface area (Å²) in [6, 6.07) is 0. The van der Waals surface area contributed by atoms with E-state index >= 15 is 0 Å². The Balaban J connectivity index is 0.000000288.